The number of rotatable bonds is 5. The first kappa shape index (κ1) is 18.8. The quantitative estimate of drug-likeness (QED) is 0.824. The van der Waals surface area contributed by atoms with Gasteiger partial charge >= 0.3 is 0 Å². The van der Waals surface area contributed by atoms with E-state index in [4.69, 9.17) is 32.7 Å². The molecule has 0 fully saturated rings. The van der Waals surface area contributed by atoms with Gasteiger partial charge < -0.3 is 14.8 Å². The van der Waals surface area contributed by atoms with Gasteiger partial charge in [0, 0.05) is 18.3 Å². The third-order valence-electron chi connectivity index (χ3n) is 4.27. The first-order chi connectivity index (χ1) is 12.4. The molecule has 3 rings (SSSR count). The average molecular weight is 395 g/mol. The molecule has 138 valence electrons. The molecule has 0 spiro atoms. The van der Waals surface area contributed by atoms with Crippen LogP contribution in [0.5, 0.6) is 11.5 Å². The fraction of sp³-hybridized carbons (Fsp3) is 0.316. The largest absolute Gasteiger partial charge is 0.486 e. The van der Waals surface area contributed by atoms with Gasteiger partial charge in [0.15, 0.2) is 11.5 Å². The van der Waals surface area contributed by atoms with Crippen molar-refractivity contribution in [3.63, 3.8) is 0 Å². The zero-order valence-corrected chi connectivity index (χ0v) is 16.1. The molecule has 0 saturated carbocycles. The van der Waals surface area contributed by atoms with Crippen molar-refractivity contribution in [1.29, 1.82) is 0 Å². The Labute approximate surface area is 162 Å². The van der Waals surface area contributed by atoms with Crippen molar-refractivity contribution in [2.75, 3.05) is 25.6 Å². The van der Waals surface area contributed by atoms with Crippen LogP contribution >= 0.6 is 23.2 Å². The molecule has 0 radical (unpaired) electrons. The Balaban J connectivity index is 1.62. The number of likely N-dealkylation sites (N-methyl/N-ethyl adjacent to an activating group) is 1. The van der Waals surface area contributed by atoms with Crippen LogP contribution in [0.2, 0.25) is 10.0 Å². The van der Waals surface area contributed by atoms with E-state index in [0.29, 0.717) is 47.0 Å². The summed E-state index contributed by atoms with van der Waals surface area (Å²) in [5, 5.41) is 3.94. The van der Waals surface area contributed by atoms with Crippen LogP contribution in [0.15, 0.2) is 36.4 Å². The van der Waals surface area contributed by atoms with Gasteiger partial charge in [-0.2, -0.15) is 0 Å². The first-order valence-corrected chi connectivity index (χ1v) is 9.04. The van der Waals surface area contributed by atoms with Gasteiger partial charge in [-0.1, -0.05) is 29.3 Å². The van der Waals surface area contributed by atoms with Gasteiger partial charge in [-0.25, -0.2) is 0 Å². The second kappa shape index (κ2) is 8.16. The lowest BCUT2D eigenvalue weighted by Crippen LogP contribution is -2.39. The lowest BCUT2D eigenvalue weighted by atomic mass is 10.2. The van der Waals surface area contributed by atoms with E-state index in [1.807, 2.05) is 31.0 Å². The minimum absolute atomic E-state index is 0.107. The molecular formula is C19H20Cl2N2O3. The van der Waals surface area contributed by atoms with Crippen molar-refractivity contribution in [3.8, 4) is 11.5 Å². The maximum absolute atomic E-state index is 12.6. The fourth-order valence-corrected chi connectivity index (χ4v) is 2.95. The Morgan fingerprint density at radius 1 is 1.12 bits per heavy atom. The van der Waals surface area contributed by atoms with Crippen molar-refractivity contribution in [3.05, 3.63) is 52.0 Å². The number of amides is 1. The summed E-state index contributed by atoms with van der Waals surface area (Å²) >= 11 is 12.0. The monoisotopic (exact) mass is 394 g/mol. The number of hydrogen-bond donors (Lipinski definition) is 1. The predicted octanol–water partition coefficient (Wildman–Crippen LogP) is 4.22. The molecule has 0 aliphatic carbocycles. The minimum atomic E-state index is -0.336. The summed E-state index contributed by atoms with van der Waals surface area (Å²) in [4.78, 5) is 14.5. The predicted molar refractivity (Wildman–Crippen MR) is 103 cm³/mol. The molecule has 2 aromatic carbocycles. The van der Waals surface area contributed by atoms with Crippen LogP contribution in [0.4, 0.5) is 5.69 Å². The van der Waals surface area contributed by atoms with Gasteiger partial charge in [0.2, 0.25) is 5.91 Å². The van der Waals surface area contributed by atoms with E-state index in [2.05, 4.69) is 5.32 Å². The van der Waals surface area contributed by atoms with E-state index in [9.17, 15) is 4.79 Å². The van der Waals surface area contributed by atoms with Crippen LogP contribution < -0.4 is 14.8 Å². The van der Waals surface area contributed by atoms with E-state index in [1.165, 1.54) is 0 Å². The van der Waals surface area contributed by atoms with Crippen molar-refractivity contribution >= 4 is 34.8 Å². The molecule has 1 N–H and O–H groups in total. The SMILES string of the molecule is C[C@H](C(=O)Nc1ccc2c(c1)OCCO2)N(C)Cc1ccc(Cl)c(Cl)c1. The molecule has 2 aromatic rings. The molecular weight excluding hydrogens is 375 g/mol. The molecule has 26 heavy (non-hydrogen) atoms. The topological polar surface area (TPSA) is 50.8 Å². The number of carbonyl (C=O) groups excluding carboxylic acids is 1. The number of nitrogens with one attached hydrogen (secondary N) is 1. The van der Waals surface area contributed by atoms with Gasteiger partial charge in [0.25, 0.3) is 0 Å². The standard InChI is InChI=1S/C19H20Cl2N2O3/c1-12(23(2)11-13-3-5-15(20)16(21)9-13)19(24)22-14-4-6-17-18(10-14)26-8-7-25-17/h3-6,9-10,12H,7-8,11H2,1-2H3,(H,22,24)/t12-/m1/s1. The second-order valence-corrected chi connectivity index (χ2v) is 7.00. The molecule has 5 nitrogen and oxygen atoms in total. The molecule has 0 bridgehead atoms. The number of anilines is 1. The summed E-state index contributed by atoms with van der Waals surface area (Å²) in [5.41, 5.74) is 1.66. The lowest BCUT2D eigenvalue weighted by molar-refractivity contribution is -0.120. The molecule has 1 amide bonds. The van der Waals surface area contributed by atoms with Crippen LogP contribution in [0.25, 0.3) is 0 Å². The normalized spacial score (nSPS) is 14.2. The maximum atomic E-state index is 12.6. The number of benzene rings is 2. The molecule has 0 saturated heterocycles. The zero-order valence-electron chi connectivity index (χ0n) is 14.6. The van der Waals surface area contributed by atoms with E-state index < -0.39 is 0 Å². The summed E-state index contributed by atoms with van der Waals surface area (Å²) in [7, 11) is 1.89. The Morgan fingerprint density at radius 3 is 2.58 bits per heavy atom. The van der Waals surface area contributed by atoms with Crippen LogP contribution in [0.1, 0.15) is 12.5 Å². The number of halogens is 2. The molecule has 1 atom stereocenters. The summed E-state index contributed by atoms with van der Waals surface area (Å²) in [5.74, 6) is 1.23. The molecule has 1 aliphatic heterocycles. The third kappa shape index (κ3) is 4.41. The lowest BCUT2D eigenvalue weighted by Gasteiger charge is -2.24. The zero-order chi connectivity index (χ0) is 18.7. The van der Waals surface area contributed by atoms with Crippen LogP contribution in [-0.4, -0.2) is 37.1 Å². The van der Waals surface area contributed by atoms with Gasteiger partial charge in [-0.05, 0) is 43.8 Å². The van der Waals surface area contributed by atoms with Crippen LogP contribution in [0.3, 0.4) is 0 Å². The highest BCUT2D eigenvalue weighted by Gasteiger charge is 2.20. The van der Waals surface area contributed by atoms with Crippen molar-refractivity contribution in [1.82, 2.24) is 4.90 Å². The molecule has 0 aromatic heterocycles. The highest BCUT2D eigenvalue weighted by molar-refractivity contribution is 6.42. The van der Waals surface area contributed by atoms with Crippen molar-refractivity contribution in [2.45, 2.75) is 19.5 Å². The molecule has 1 aliphatic rings. The summed E-state index contributed by atoms with van der Waals surface area (Å²) in [6, 6.07) is 10.5. The molecule has 0 unspecified atom stereocenters. The highest BCUT2D eigenvalue weighted by atomic mass is 35.5. The Hall–Kier alpha value is -1.95. The summed E-state index contributed by atoms with van der Waals surface area (Å²) in [6.07, 6.45) is 0. The second-order valence-electron chi connectivity index (χ2n) is 6.19. The number of ether oxygens (including phenoxy) is 2. The van der Waals surface area contributed by atoms with E-state index in [0.717, 1.165) is 5.56 Å². The number of hydrogen-bond acceptors (Lipinski definition) is 4. The first-order valence-electron chi connectivity index (χ1n) is 8.28. The Morgan fingerprint density at radius 2 is 1.85 bits per heavy atom. The fourth-order valence-electron chi connectivity index (χ4n) is 2.63. The summed E-state index contributed by atoms with van der Waals surface area (Å²) in [6.45, 7) is 3.47. The van der Waals surface area contributed by atoms with E-state index >= 15 is 0 Å². The number of fused-ring (bicyclic) bond motifs is 1. The van der Waals surface area contributed by atoms with Gasteiger partial charge in [-0.3, -0.25) is 9.69 Å². The third-order valence-corrected chi connectivity index (χ3v) is 5.01. The van der Waals surface area contributed by atoms with Crippen LogP contribution in [0, 0.1) is 0 Å². The maximum Gasteiger partial charge on any atom is 0.241 e. The van der Waals surface area contributed by atoms with E-state index in [1.54, 1.807) is 24.3 Å². The average Bonchev–Trinajstić information content (AvgIpc) is 2.64. The Bertz CT molecular complexity index is 813. The summed E-state index contributed by atoms with van der Waals surface area (Å²) < 4.78 is 11.0. The molecule has 1 heterocycles. The Kier molecular flexibility index (Phi) is 5.91. The van der Waals surface area contributed by atoms with Gasteiger partial charge in [0.05, 0.1) is 16.1 Å². The van der Waals surface area contributed by atoms with E-state index in [-0.39, 0.29) is 11.9 Å². The van der Waals surface area contributed by atoms with Crippen LogP contribution in [-0.2, 0) is 11.3 Å². The van der Waals surface area contributed by atoms with Crippen molar-refractivity contribution in [2.24, 2.45) is 0 Å². The highest BCUT2D eigenvalue weighted by Crippen LogP contribution is 2.32. The number of nitrogens with zero attached hydrogens (tertiary/aromatic N) is 1. The molecule has 7 heteroatoms. The van der Waals surface area contributed by atoms with Gasteiger partial charge in [0.1, 0.15) is 13.2 Å². The smallest absolute Gasteiger partial charge is 0.241 e. The van der Waals surface area contributed by atoms with Gasteiger partial charge in [-0.15, -0.1) is 0 Å². The number of carbonyl (C=O) groups is 1. The minimum Gasteiger partial charge on any atom is -0.486 e. The van der Waals surface area contributed by atoms with Crippen molar-refractivity contribution < 1.29 is 14.3 Å².